The lowest BCUT2D eigenvalue weighted by Crippen LogP contribution is -2.04. The van der Waals surface area contributed by atoms with E-state index in [0.29, 0.717) is 18.2 Å². The highest BCUT2D eigenvalue weighted by molar-refractivity contribution is 5.88. The van der Waals surface area contributed by atoms with Crippen LogP contribution in [0.3, 0.4) is 0 Å². The van der Waals surface area contributed by atoms with Gasteiger partial charge in [-0.1, -0.05) is 36.4 Å². The monoisotopic (exact) mass is 283 g/mol. The third kappa shape index (κ3) is 2.76. The second kappa shape index (κ2) is 5.75. The van der Waals surface area contributed by atoms with Crippen molar-refractivity contribution in [3.8, 4) is 11.6 Å². The first-order chi connectivity index (χ1) is 10.3. The van der Waals surface area contributed by atoms with Crippen LogP contribution >= 0.6 is 0 Å². The fourth-order valence-corrected chi connectivity index (χ4v) is 2.06. The van der Waals surface area contributed by atoms with E-state index < -0.39 is 5.82 Å². The number of hydrogen-bond donors (Lipinski definition) is 1. The minimum Gasteiger partial charge on any atom is -0.436 e. The molecule has 0 aliphatic rings. The second-order valence-corrected chi connectivity index (χ2v) is 4.46. The van der Waals surface area contributed by atoms with Gasteiger partial charge in [0.25, 0.3) is 5.88 Å². The first kappa shape index (κ1) is 13.3. The molecule has 0 saturated heterocycles. The standard InChI is InChI=1S/C16H14FN3O/c1-2-18-16-19-10-13(17)15(20-16)21-14-9-5-7-11-6-3-4-8-12(11)14/h3-10H,2H2,1H3,(H,18,19,20). The Morgan fingerprint density at radius 3 is 2.81 bits per heavy atom. The highest BCUT2D eigenvalue weighted by atomic mass is 19.1. The molecular weight excluding hydrogens is 269 g/mol. The number of ether oxygens (including phenoxy) is 1. The summed E-state index contributed by atoms with van der Waals surface area (Å²) in [5, 5.41) is 4.86. The molecule has 1 aromatic heterocycles. The molecule has 2 aromatic carbocycles. The fraction of sp³-hybridized carbons (Fsp3) is 0.125. The van der Waals surface area contributed by atoms with Crippen LogP contribution in [-0.2, 0) is 0 Å². The van der Waals surface area contributed by atoms with Crippen molar-refractivity contribution in [1.82, 2.24) is 9.97 Å². The molecule has 0 bridgehead atoms. The highest BCUT2D eigenvalue weighted by Crippen LogP contribution is 2.30. The quantitative estimate of drug-likeness (QED) is 0.786. The Labute approximate surface area is 121 Å². The predicted molar refractivity (Wildman–Crippen MR) is 80.2 cm³/mol. The van der Waals surface area contributed by atoms with Crippen LogP contribution in [0.2, 0.25) is 0 Å². The Hall–Kier alpha value is -2.69. The smallest absolute Gasteiger partial charge is 0.260 e. The molecule has 21 heavy (non-hydrogen) atoms. The van der Waals surface area contributed by atoms with Gasteiger partial charge in [0.1, 0.15) is 5.75 Å². The zero-order chi connectivity index (χ0) is 14.7. The van der Waals surface area contributed by atoms with E-state index in [-0.39, 0.29) is 5.88 Å². The minimum absolute atomic E-state index is 0.0858. The first-order valence-corrected chi connectivity index (χ1v) is 6.70. The largest absolute Gasteiger partial charge is 0.436 e. The van der Waals surface area contributed by atoms with Gasteiger partial charge in [0, 0.05) is 11.9 Å². The molecule has 0 aliphatic carbocycles. The molecular formula is C16H14FN3O. The average molecular weight is 283 g/mol. The summed E-state index contributed by atoms with van der Waals surface area (Å²) in [6, 6.07) is 13.4. The second-order valence-electron chi connectivity index (χ2n) is 4.46. The number of nitrogens with one attached hydrogen (secondary N) is 1. The average Bonchev–Trinajstić information content (AvgIpc) is 2.51. The number of nitrogens with zero attached hydrogens (tertiary/aromatic N) is 2. The fourth-order valence-electron chi connectivity index (χ4n) is 2.06. The van der Waals surface area contributed by atoms with Gasteiger partial charge in [-0.2, -0.15) is 9.37 Å². The predicted octanol–water partition coefficient (Wildman–Crippen LogP) is 3.99. The van der Waals surface area contributed by atoms with Crippen molar-refractivity contribution in [3.63, 3.8) is 0 Å². The summed E-state index contributed by atoms with van der Waals surface area (Å²) in [5.41, 5.74) is 0. The maximum absolute atomic E-state index is 13.8. The van der Waals surface area contributed by atoms with E-state index in [4.69, 9.17) is 4.74 Å². The van der Waals surface area contributed by atoms with E-state index in [1.807, 2.05) is 43.3 Å². The van der Waals surface area contributed by atoms with Crippen LogP contribution in [0.1, 0.15) is 6.92 Å². The van der Waals surface area contributed by atoms with Gasteiger partial charge in [-0.3, -0.25) is 0 Å². The van der Waals surface area contributed by atoms with Gasteiger partial charge >= 0.3 is 0 Å². The van der Waals surface area contributed by atoms with Crippen molar-refractivity contribution >= 4 is 16.7 Å². The molecule has 0 spiro atoms. The van der Waals surface area contributed by atoms with E-state index in [1.165, 1.54) is 0 Å². The summed E-state index contributed by atoms with van der Waals surface area (Å²) >= 11 is 0. The summed E-state index contributed by atoms with van der Waals surface area (Å²) < 4.78 is 19.5. The number of hydrogen-bond acceptors (Lipinski definition) is 4. The SMILES string of the molecule is CCNc1ncc(F)c(Oc2cccc3ccccc23)n1. The molecule has 5 heteroatoms. The van der Waals surface area contributed by atoms with E-state index in [1.54, 1.807) is 6.07 Å². The number of anilines is 1. The van der Waals surface area contributed by atoms with Crippen molar-refractivity contribution in [3.05, 3.63) is 54.5 Å². The summed E-state index contributed by atoms with van der Waals surface area (Å²) in [5.74, 6) is 0.226. The Morgan fingerprint density at radius 1 is 1.14 bits per heavy atom. The molecule has 3 rings (SSSR count). The van der Waals surface area contributed by atoms with Gasteiger partial charge in [-0.05, 0) is 18.4 Å². The van der Waals surface area contributed by atoms with Crippen LogP contribution in [0.25, 0.3) is 10.8 Å². The lowest BCUT2D eigenvalue weighted by Gasteiger charge is -2.10. The summed E-state index contributed by atoms with van der Waals surface area (Å²) in [4.78, 5) is 7.90. The van der Waals surface area contributed by atoms with E-state index in [9.17, 15) is 4.39 Å². The van der Waals surface area contributed by atoms with Crippen molar-refractivity contribution in [2.75, 3.05) is 11.9 Å². The van der Waals surface area contributed by atoms with Gasteiger partial charge < -0.3 is 10.1 Å². The highest BCUT2D eigenvalue weighted by Gasteiger charge is 2.11. The lowest BCUT2D eigenvalue weighted by atomic mass is 10.1. The molecule has 4 nitrogen and oxygen atoms in total. The molecule has 0 aliphatic heterocycles. The Bertz CT molecular complexity index is 771. The third-order valence-electron chi connectivity index (χ3n) is 3.00. The number of rotatable bonds is 4. The van der Waals surface area contributed by atoms with Crippen LogP contribution in [-0.4, -0.2) is 16.5 Å². The molecule has 0 unspecified atom stereocenters. The van der Waals surface area contributed by atoms with Crippen molar-refractivity contribution in [2.45, 2.75) is 6.92 Å². The van der Waals surface area contributed by atoms with Gasteiger partial charge in [0.2, 0.25) is 11.8 Å². The summed E-state index contributed by atoms with van der Waals surface area (Å²) in [6.45, 7) is 2.57. The summed E-state index contributed by atoms with van der Waals surface area (Å²) in [6.07, 6.45) is 1.10. The van der Waals surface area contributed by atoms with Crippen LogP contribution in [0.4, 0.5) is 10.3 Å². The maximum Gasteiger partial charge on any atom is 0.260 e. The van der Waals surface area contributed by atoms with E-state index in [0.717, 1.165) is 17.0 Å². The zero-order valence-electron chi connectivity index (χ0n) is 11.5. The number of aromatic nitrogens is 2. The molecule has 1 heterocycles. The van der Waals surface area contributed by atoms with Crippen LogP contribution in [0.5, 0.6) is 11.6 Å². The number of benzene rings is 2. The molecule has 106 valence electrons. The first-order valence-electron chi connectivity index (χ1n) is 6.70. The van der Waals surface area contributed by atoms with Crippen LogP contribution < -0.4 is 10.1 Å². The lowest BCUT2D eigenvalue weighted by molar-refractivity contribution is 0.424. The van der Waals surface area contributed by atoms with E-state index in [2.05, 4.69) is 15.3 Å². The Balaban J connectivity index is 2.00. The van der Waals surface area contributed by atoms with Gasteiger partial charge in [-0.25, -0.2) is 4.98 Å². The summed E-state index contributed by atoms with van der Waals surface area (Å²) in [7, 11) is 0. The van der Waals surface area contributed by atoms with Crippen molar-refractivity contribution in [1.29, 1.82) is 0 Å². The van der Waals surface area contributed by atoms with Crippen LogP contribution in [0, 0.1) is 5.82 Å². The van der Waals surface area contributed by atoms with Crippen molar-refractivity contribution in [2.24, 2.45) is 0 Å². The number of fused-ring (bicyclic) bond motifs is 1. The maximum atomic E-state index is 13.8. The van der Waals surface area contributed by atoms with Gasteiger partial charge in [0.05, 0.1) is 6.20 Å². The molecule has 0 fully saturated rings. The topological polar surface area (TPSA) is 47.0 Å². The molecule has 0 atom stereocenters. The van der Waals surface area contributed by atoms with Crippen molar-refractivity contribution < 1.29 is 9.13 Å². The normalized spacial score (nSPS) is 10.6. The Morgan fingerprint density at radius 2 is 1.95 bits per heavy atom. The third-order valence-corrected chi connectivity index (χ3v) is 3.00. The van der Waals surface area contributed by atoms with Gasteiger partial charge in [0.15, 0.2) is 0 Å². The molecule has 3 aromatic rings. The Kier molecular flexibility index (Phi) is 3.64. The number of halogens is 1. The van der Waals surface area contributed by atoms with Crippen LogP contribution in [0.15, 0.2) is 48.7 Å². The minimum atomic E-state index is -0.593. The van der Waals surface area contributed by atoms with E-state index >= 15 is 0 Å². The molecule has 0 radical (unpaired) electrons. The zero-order valence-corrected chi connectivity index (χ0v) is 11.5. The molecule has 1 N–H and O–H groups in total. The molecule has 0 saturated carbocycles. The van der Waals surface area contributed by atoms with Gasteiger partial charge in [-0.15, -0.1) is 0 Å². The molecule has 0 amide bonds.